The van der Waals surface area contributed by atoms with Crippen molar-refractivity contribution in [2.24, 2.45) is 5.41 Å². The third-order valence-corrected chi connectivity index (χ3v) is 3.17. The van der Waals surface area contributed by atoms with Crippen LogP contribution in [-0.2, 0) is 0 Å². The Morgan fingerprint density at radius 1 is 1.42 bits per heavy atom. The van der Waals surface area contributed by atoms with Gasteiger partial charge in [0.05, 0.1) is 5.56 Å². The van der Waals surface area contributed by atoms with E-state index in [0.29, 0.717) is 12.1 Å². The fourth-order valence-corrected chi connectivity index (χ4v) is 2.37. The lowest BCUT2D eigenvalue weighted by Crippen LogP contribution is -2.39. The lowest BCUT2D eigenvalue weighted by Gasteiger charge is -2.28. The smallest absolute Gasteiger partial charge is 0.255 e. The zero-order valence-electron chi connectivity index (χ0n) is 11.8. The van der Waals surface area contributed by atoms with E-state index in [2.05, 4.69) is 40.0 Å². The number of nitrogens with one attached hydrogen (secondary N) is 1. The highest BCUT2D eigenvalue weighted by Crippen LogP contribution is 2.22. The summed E-state index contributed by atoms with van der Waals surface area (Å²) >= 11 is 3.25. The fraction of sp³-hybridized carbons (Fsp3) is 0.500. The minimum absolute atomic E-state index is 0.0164. The Hall–Kier alpha value is -1.07. The first-order valence-corrected chi connectivity index (χ1v) is 6.92. The summed E-state index contributed by atoms with van der Waals surface area (Å²) in [5.41, 5.74) is 0.272. The summed E-state index contributed by atoms with van der Waals surface area (Å²) in [7, 11) is 4.01. The molecule has 0 atom stereocenters. The first-order chi connectivity index (χ1) is 8.71. The lowest BCUT2D eigenvalue weighted by atomic mass is 9.93. The molecule has 0 aliphatic heterocycles. The summed E-state index contributed by atoms with van der Waals surface area (Å²) in [5.74, 6) is -0.269. The molecule has 0 bridgehead atoms. The number of carbonyl (C=O) groups is 1. The second kappa shape index (κ2) is 6.39. The van der Waals surface area contributed by atoms with Crippen LogP contribution in [0.2, 0.25) is 0 Å². The number of hydrogen-bond donors (Lipinski definition) is 2. The molecule has 0 saturated carbocycles. The van der Waals surface area contributed by atoms with Crippen molar-refractivity contribution in [3.05, 3.63) is 28.2 Å². The molecule has 0 heterocycles. The average molecular weight is 329 g/mol. The Bertz CT molecular complexity index is 459. The van der Waals surface area contributed by atoms with Crippen molar-refractivity contribution < 1.29 is 9.90 Å². The summed E-state index contributed by atoms with van der Waals surface area (Å²) in [6.07, 6.45) is 0. The van der Waals surface area contributed by atoms with E-state index >= 15 is 0 Å². The van der Waals surface area contributed by atoms with Crippen molar-refractivity contribution in [2.45, 2.75) is 13.8 Å². The maximum Gasteiger partial charge on any atom is 0.255 e. The molecule has 0 fully saturated rings. The summed E-state index contributed by atoms with van der Waals surface area (Å²) in [4.78, 5) is 14.1. The minimum Gasteiger partial charge on any atom is -0.507 e. The van der Waals surface area contributed by atoms with Crippen molar-refractivity contribution in [1.82, 2.24) is 10.2 Å². The highest BCUT2D eigenvalue weighted by Gasteiger charge is 2.21. The van der Waals surface area contributed by atoms with Crippen LogP contribution in [0.25, 0.3) is 0 Å². The highest BCUT2D eigenvalue weighted by molar-refractivity contribution is 9.10. The van der Waals surface area contributed by atoms with Crippen molar-refractivity contribution in [2.75, 3.05) is 27.2 Å². The molecule has 0 unspecified atom stereocenters. The van der Waals surface area contributed by atoms with Crippen LogP contribution in [0.1, 0.15) is 24.2 Å². The first kappa shape index (κ1) is 16.0. The van der Waals surface area contributed by atoms with Gasteiger partial charge in [-0.1, -0.05) is 29.8 Å². The van der Waals surface area contributed by atoms with E-state index in [0.717, 1.165) is 11.0 Å². The molecular weight excluding hydrogens is 308 g/mol. The molecule has 5 heteroatoms. The third-order valence-electron chi connectivity index (χ3n) is 2.68. The van der Waals surface area contributed by atoms with E-state index in [4.69, 9.17) is 0 Å². The predicted octanol–water partition coefficient (Wildman–Crippen LogP) is 2.47. The highest BCUT2D eigenvalue weighted by atomic mass is 79.9. The van der Waals surface area contributed by atoms with Crippen molar-refractivity contribution in [1.29, 1.82) is 0 Å². The lowest BCUT2D eigenvalue weighted by molar-refractivity contribution is 0.0926. The number of phenols is 1. The molecule has 0 aliphatic carbocycles. The van der Waals surface area contributed by atoms with Gasteiger partial charge in [0.1, 0.15) is 5.75 Å². The molecule has 0 aliphatic rings. The van der Waals surface area contributed by atoms with Gasteiger partial charge in [-0.25, -0.2) is 0 Å². The minimum atomic E-state index is -0.253. The number of benzene rings is 1. The molecule has 1 rings (SSSR count). The van der Waals surface area contributed by atoms with Crippen LogP contribution in [0.15, 0.2) is 22.7 Å². The first-order valence-electron chi connectivity index (χ1n) is 6.13. The molecule has 1 aromatic rings. The Labute approximate surface area is 122 Å². The Morgan fingerprint density at radius 2 is 2.05 bits per heavy atom. The summed E-state index contributed by atoms with van der Waals surface area (Å²) in [5, 5.41) is 12.6. The Balaban J connectivity index is 2.65. The van der Waals surface area contributed by atoms with Crippen LogP contribution in [0.4, 0.5) is 0 Å². The van der Waals surface area contributed by atoms with Gasteiger partial charge < -0.3 is 15.3 Å². The molecule has 0 saturated heterocycles. The van der Waals surface area contributed by atoms with E-state index in [9.17, 15) is 9.90 Å². The number of phenolic OH excluding ortho intramolecular Hbond substituents is 1. The fourth-order valence-electron chi connectivity index (χ4n) is 2.02. The van der Waals surface area contributed by atoms with Crippen LogP contribution in [-0.4, -0.2) is 43.1 Å². The monoisotopic (exact) mass is 328 g/mol. The van der Waals surface area contributed by atoms with Crippen LogP contribution < -0.4 is 5.32 Å². The van der Waals surface area contributed by atoms with Crippen LogP contribution >= 0.6 is 15.9 Å². The maximum atomic E-state index is 12.0. The second-order valence-corrected chi connectivity index (χ2v) is 6.66. The van der Waals surface area contributed by atoms with Crippen LogP contribution in [0.5, 0.6) is 5.75 Å². The van der Waals surface area contributed by atoms with Crippen LogP contribution in [0, 0.1) is 5.41 Å². The van der Waals surface area contributed by atoms with Gasteiger partial charge in [0, 0.05) is 17.6 Å². The summed E-state index contributed by atoms with van der Waals surface area (Å²) in [6, 6.07) is 4.85. The van der Waals surface area contributed by atoms with E-state index < -0.39 is 0 Å². The van der Waals surface area contributed by atoms with Crippen molar-refractivity contribution in [3.8, 4) is 5.75 Å². The molecule has 4 nitrogen and oxygen atoms in total. The Kier molecular flexibility index (Phi) is 5.38. The number of halogens is 1. The standard InChI is InChI=1S/C14H21BrN2O2/c1-14(2,9-17(3)4)8-16-13(19)11-6-5-10(15)7-12(11)18/h5-7,18H,8-9H2,1-4H3,(H,16,19). The third kappa shape index (κ3) is 5.20. The van der Waals surface area contributed by atoms with E-state index in [1.54, 1.807) is 12.1 Å². The van der Waals surface area contributed by atoms with Gasteiger partial charge >= 0.3 is 0 Å². The molecule has 0 radical (unpaired) electrons. The number of rotatable bonds is 5. The molecule has 106 valence electrons. The zero-order chi connectivity index (χ0) is 14.6. The van der Waals surface area contributed by atoms with Crippen LogP contribution in [0.3, 0.4) is 0 Å². The summed E-state index contributed by atoms with van der Waals surface area (Å²) < 4.78 is 0.745. The molecular formula is C14H21BrN2O2. The Morgan fingerprint density at radius 3 is 2.58 bits per heavy atom. The van der Waals surface area contributed by atoms with E-state index in [1.165, 1.54) is 6.07 Å². The number of hydrogen-bond acceptors (Lipinski definition) is 3. The molecule has 1 amide bonds. The molecule has 0 spiro atoms. The van der Waals surface area contributed by atoms with Gasteiger partial charge in [-0.05, 0) is 37.7 Å². The average Bonchev–Trinajstić information content (AvgIpc) is 2.24. The SMILES string of the molecule is CN(C)CC(C)(C)CNC(=O)c1ccc(Br)cc1O. The van der Waals surface area contributed by atoms with Gasteiger partial charge in [-0.2, -0.15) is 0 Å². The predicted molar refractivity (Wildman–Crippen MR) is 80.5 cm³/mol. The number of amides is 1. The topological polar surface area (TPSA) is 52.6 Å². The maximum absolute atomic E-state index is 12.0. The van der Waals surface area contributed by atoms with Crippen molar-refractivity contribution in [3.63, 3.8) is 0 Å². The van der Waals surface area contributed by atoms with Gasteiger partial charge in [0.25, 0.3) is 5.91 Å². The second-order valence-electron chi connectivity index (χ2n) is 5.75. The zero-order valence-corrected chi connectivity index (χ0v) is 13.4. The molecule has 1 aromatic carbocycles. The quantitative estimate of drug-likeness (QED) is 0.873. The van der Waals surface area contributed by atoms with Gasteiger partial charge in [0.15, 0.2) is 0 Å². The number of aromatic hydroxyl groups is 1. The largest absolute Gasteiger partial charge is 0.507 e. The normalized spacial score (nSPS) is 11.7. The number of carbonyl (C=O) groups excluding carboxylic acids is 1. The molecule has 0 aromatic heterocycles. The van der Waals surface area contributed by atoms with E-state index in [-0.39, 0.29) is 17.1 Å². The molecule has 19 heavy (non-hydrogen) atoms. The van der Waals surface area contributed by atoms with Gasteiger partial charge in [-0.15, -0.1) is 0 Å². The van der Waals surface area contributed by atoms with Gasteiger partial charge in [0.2, 0.25) is 0 Å². The molecule has 2 N–H and O–H groups in total. The van der Waals surface area contributed by atoms with E-state index in [1.807, 2.05) is 14.1 Å². The number of nitrogens with zero attached hydrogens (tertiary/aromatic N) is 1. The van der Waals surface area contributed by atoms with Gasteiger partial charge in [-0.3, -0.25) is 4.79 Å². The summed E-state index contributed by atoms with van der Waals surface area (Å²) in [6.45, 7) is 5.61. The van der Waals surface area contributed by atoms with Crippen molar-refractivity contribution >= 4 is 21.8 Å².